The molecular formula is C16H19N3O2S2. The maximum absolute atomic E-state index is 12.2. The van der Waals surface area contributed by atoms with E-state index < -0.39 is 0 Å². The van der Waals surface area contributed by atoms with Crippen molar-refractivity contribution >= 4 is 39.7 Å². The van der Waals surface area contributed by atoms with E-state index in [1.165, 1.54) is 11.3 Å². The molecule has 2 N–H and O–H groups in total. The van der Waals surface area contributed by atoms with Crippen LogP contribution in [-0.4, -0.2) is 22.6 Å². The lowest BCUT2D eigenvalue weighted by Crippen LogP contribution is -2.34. The second kappa shape index (κ2) is 8.59. The van der Waals surface area contributed by atoms with Crippen molar-refractivity contribution in [3.63, 3.8) is 0 Å². The summed E-state index contributed by atoms with van der Waals surface area (Å²) in [7, 11) is 0. The molecule has 0 saturated carbocycles. The van der Waals surface area contributed by atoms with E-state index in [1.54, 1.807) is 24.4 Å². The lowest BCUT2D eigenvalue weighted by atomic mass is 10.1. The van der Waals surface area contributed by atoms with Gasteiger partial charge in [0.15, 0.2) is 10.2 Å². The third-order valence-corrected chi connectivity index (χ3v) is 3.83. The van der Waals surface area contributed by atoms with Crippen LogP contribution in [0.15, 0.2) is 35.8 Å². The molecule has 0 fully saturated rings. The van der Waals surface area contributed by atoms with Crippen LogP contribution in [0, 0.1) is 5.92 Å². The molecule has 122 valence electrons. The van der Waals surface area contributed by atoms with Crippen molar-refractivity contribution in [2.75, 3.05) is 11.9 Å². The predicted octanol–water partition coefficient (Wildman–Crippen LogP) is 3.69. The minimum absolute atomic E-state index is 0.219. The smallest absolute Gasteiger partial charge is 0.257 e. The van der Waals surface area contributed by atoms with Crippen LogP contribution in [0.4, 0.5) is 5.13 Å². The first-order valence-electron chi connectivity index (χ1n) is 7.29. The monoisotopic (exact) mass is 349 g/mol. The average Bonchev–Trinajstić information content (AvgIpc) is 3.00. The largest absolute Gasteiger partial charge is 0.494 e. The van der Waals surface area contributed by atoms with Crippen molar-refractivity contribution in [2.45, 2.75) is 20.3 Å². The van der Waals surface area contributed by atoms with Gasteiger partial charge in [0.1, 0.15) is 5.75 Å². The number of hydrogen-bond acceptors (Lipinski definition) is 5. The van der Waals surface area contributed by atoms with E-state index in [0.717, 1.165) is 6.42 Å². The standard InChI is InChI=1S/C16H19N3O2S2/c1-11(2)6-8-21-13-5-3-4-12(10-13)14(20)18-15(22)19-16-17-7-9-23-16/h3-5,7,9-11H,6,8H2,1-2H3,(H2,17,18,19,20,22). The molecule has 0 bridgehead atoms. The zero-order valence-corrected chi connectivity index (χ0v) is 14.7. The average molecular weight is 349 g/mol. The number of nitrogens with zero attached hydrogens (tertiary/aromatic N) is 1. The number of carbonyl (C=O) groups excluding carboxylic acids is 1. The summed E-state index contributed by atoms with van der Waals surface area (Å²) in [4.78, 5) is 16.3. The molecule has 0 atom stereocenters. The van der Waals surface area contributed by atoms with Gasteiger partial charge < -0.3 is 10.1 Å². The fourth-order valence-corrected chi connectivity index (χ4v) is 2.52. The molecule has 1 heterocycles. The van der Waals surface area contributed by atoms with Crippen LogP contribution >= 0.6 is 23.6 Å². The van der Waals surface area contributed by atoms with Gasteiger partial charge in [-0.2, -0.15) is 0 Å². The molecule has 0 unspecified atom stereocenters. The molecule has 2 rings (SSSR count). The number of thiocarbonyl (C=S) groups is 1. The molecular weight excluding hydrogens is 330 g/mol. The summed E-state index contributed by atoms with van der Waals surface area (Å²) in [5.74, 6) is 0.973. The summed E-state index contributed by atoms with van der Waals surface area (Å²) in [6.45, 7) is 4.92. The molecule has 0 spiro atoms. The van der Waals surface area contributed by atoms with Crippen molar-refractivity contribution in [2.24, 2.45) is 5.92 Å². The summed E-state index contributed by atoms with van der Waals surface area (Å²) < 4.78 is 5.66. The van der Waals surface area contributed by atoms with E-state index in [0.29, 0.717) is 29.0 Å². The van der Waals surface area contributed by atoms with Crippen LogP contribution in [0.1, 0.15) is 30.6 Å². The number of amides is 1. The lowest BCUT2D eigenvalue weighted by Gasteiger charge is -2.10. The minimum Gasteiger partial charge on any atom is -0.494 e. The van der Waals surface area contributed by atoms with Gasteiger partial charge in [-0.3, -0.25) is 10.1 Å². The van der Waals surface area contributed by atoms with Gasteiger partial charge in [-0.25, -0.2) is 4.98 Å². The summed E-state index contributed by atoms with van der Waals surface area (Å²) in [6, 6.07) is 7.05. The molecule has 7 heteroatoms. The Morgan fingerprint density at radius 3 is 2.96 bits per heavy atom. The summed E-state index contributed by atoms with van der Waals surface area (Å²) in [5.41, 5.74) is 0.496. The first-order valence-corrected chi connectivity index (χ1v) is 8.58. The number of anilines is 1. The number of carbonyl (C=O) groups is 1. The molecule has 2 aromatic rings. The molecule has 1 aromatic heterocycles. The van der Waals surface area contributed by atoms with Crippen molar-refractivity contribution in [1.29, 1.82) is 0 Å². The van der Waals surface area contributed by atoms with Crippen LogP contribution in [0.2, 0.25) is 0 Å². The molecule has 0 radical (unpaired) electrons. The SMILES string of the molecule is CC(C)CCOc1cccc(C(=O)NC(=S)Nc2nccs2)c1. The maximum atomic E-state index is 12.2. The topological polar surface area (TPSA) is 63.2 Å². The summed E-state index contributed by atoms with van der Waals surface area (Å²) in [6.07, 6.45) is 2.63. The van der Waals surface area contributed by atoms with Crippen LogP contribution < -0.4 is 15.4 Å². The Labute approximate surface area is 145 Å². The first-order chi connectivity index (χ1) is 11.0. The fraction of sp³-hybridized carbons (Fsp3) is 0.312. The summed E-state index contributed by atoms with van der Waals surface area (Å²) >= 11 is 6.51. The molecule has 5 nitrogen and oxygen atoms in total. The van der Waals surface area contributed by atoms with Gasteiger partial charge in [0.25, 0.3) is 5.91 Å². The van der Waals surface area contributed by atoms with Gasteiger partial charge in [-0.05, 0) is 42.8 Å². The van der Waals surface area contributed by atoms with Crippen molar-refractivity contribution < 1.29 is 9.53 Å². The number of rotatable bonds is 6. The number of hydrogen-bond donors (Lipinski definition) is 2. The highest BCUT2D eigenvalue weighted by Crippen LogP contribution is 2.15. The Bertz CT molecular complexity index is 657. The third-order valence-electron chi connectivity index (χ3n) is 2.94. The van der Waals surface area contributed by atoms with Crippen LogP contribution in [0.25, 0.3) is 0 Å². The van der Waals surface area contributed by atoms with E-state index in [-0.39, 0.29) is 11.0 Å². The Morgan fingerprint density at radius 1 is 1.43 bits per heavy atom. The molecule has 0 aliphatic carbocycles. The third kappa shape index (κ3) is 5.96. The fourth-order valence-electron chi connectivity index (χ4n) is 1.73. The number of aromatic nitrogens is 1. The van der Waals surface area contributed by atoms with Gasteiger partial charge in [-0.1, -0.05) is 19.9 Å². The molecule has 0 aliphatic rings. The van der Waals surface area contributed by atoms with E-state index >= 15 is 0 Å². The Hall–Kier alpha value is -1.99. The van der Waals surface area contributed by atoms with E-state index in [1.807, 2.05) is 11.4 Å². The van der Waals surface area contributed by atoms with Gasteiger partial charge in [-0.15, -0.1) is 11.3 Å². The van der Waals surface area contributed by atoms with E-state index in [4.69, 9.17) is 17.0 Å². The number of benzene rings is 1. The van der Waals surface area contributed by atoms with E-state index in [9.17, 15) is 4.79 Å². The van der Waals surface area contributed by atoms with Gasteiger partial charge >= 0.3 is 0 Å². The zero-order chi connectivity index (χ0) is 16.7. The van der Waals surface area contributed by atoms with Gasteiger partial charge in [0, 0.05) is 17.1 Å². The normalized spacial score (nSPS) is 10.4. The van der Waals surface area contributed by atoms with Crippen LogP contribution in [0.3, 0.4) is 0 Å². The van der Waals surface area contributed by atoms with Crippen molar-refractivity contribution in [3.05, 3.63) is 41.4 Å². The molecule has 23 heavy (non-hydrogen) atoms. The number of thiazole rings is 1. The lowest BCUT2D eigenvalue weighted by molar-refractivity contribution is 0.0977. The molecule has 0 aliphatic heterocycles. The Balaban J connectivity index is 1.89. The minimum atomic E-state index is -0.284. The molecule has 0 saturated heterocycles. The van der Waals surface area contributed by atoms with Gasteiger partial charge in [0.2, 0.25) is 0 Å². The van der Waals surface area contributed by atoms with Crippen molar-refractivity contribution in [1.82, 2.24) is 10.3 Å². The number of nitrogens with one attached hydrogen (secondary N) is 2. The van der Waals surface area contributed by atoms with Crippen molar-refractivity contribution in [3.8, 4) is 5.75 Å². The zero-order valence-electron chi connectivity index (χ0n) is 13.0. The van der Waals surface area contributed by atoms with Crippen LogP contribution in [-0.2, 0) is 0 Å². The Morgan fingerprint density at radius 2 is 2.26 bits per heavy atom. The highest BCUT2D eigenvalue weighted by atomic mass is 32.1. The van der Waals surface area contributed by atoms with Gasteiger partial charge in [0.05, 0.1) is 6.61 Å². The van der Waals surface area contributed by atoms with Crippen LogP contribution in [0.5, 0.6) is 5.75 Å². The number of ether oxygens (including phenoxy) is 1. The maximum Gasteiger partial charge on any atom is 0.257 e. The van der Waals surface area contributed by atoms with E-state index in [2.05, 4.69) is 29.5 Å². The summed E-state index contributed by atoms with van der Waals surface area (Å²) in [5, 5.41) is 8.17. The quantitative estimate of drug-likeness (QED) is 0.779. The predicted molar refractivity (Wildman–Crippen MR) is 97.2 cm³/mol. The Kier molecular flexibility index (Phi) is 6.49. The molecule has 1 aromatic carbocycles. The molecule has 1 amide bonds. The highest BCUT2D eigenvalue weighted by Gasteiger charge is 2.10. The first kappa shape index (κ1) is 17.4. The second-order valence-corrected chi connectivity index (χ2v) is 6.61. The second-order valence-electron chi connectivity index (χ2n) is 5.30. The highest BCUT2D eigenvalue weighted by molar-refractivity contribution is 7.80.